The zero-order chi connectivity index (χ0) is 16.7. The molecule has 1 N–H and O–H groups in total. The van der Waals surface area contributed by atoms with Crippen LogP contribution in [0.15, 0.2) is 33.5 Å². The molecule has 4 nitrogen and oxygen atoms in total. The van der Waals surface area contributed by atoms with Crippen LogP contribution in [0.5, 0.6) is 0 Å². The highest BCUT2D eigenvalue weighted by Gasteiger charge is 2.33. The molecule has 22 heavy (non-hydrogen) atoms. The van der Waals surface area contributed by atoms with Crippen molar-refractivity contribution in [3.8, 4) is 0 Å². The molecule has 2 rings (SSSR count). The van der Waals surface area contributed by atoms with Crippen molar-refractivity contribution in [3.05, 3.63) is 45.8 Å². The van der Waals surface area contributed by atoms with E-state index in [1.807, 2.05) is 27.7 Å². The summed E-state index contributed by atoms with van der Waals surface area (Å²) in [6, 6.07) is 6.56. The fraction of sp³-hybridized carbons (Fsp3) is 0.444. The number of fused-ring (bicyclic) bond motifs is 1. The van der Waals surface area contributed by atoms with Crippen LogP contribution in [0, 0.1) is 0 Å². The van der Waals surface area contributed by atoms with Gasteiger partial charge in [-0.1, -0.05) is 33.8 Å². The Morgan fingerprint density at radius 3 is 2.32 bits per heavy atom. The second-order valence-electron chi connectivity index (χ2n) is 6.93. The van der Waals surface area contributed by atoms with E-state index >= 15 is 0 Å². The molecule has 1 atom stereocenters. The van der Waals surface area contributed by atoms with Crippen LogP contribution in [0.3, 0.4) is 0 Å². The van der Waals surface area contributed by atoms with Gasteiger partial charge < -0.3 is 9.52 Å². The molecule has 0 fully saturated rings. The van der Waals surface area contributed by atoms with Gasteiger partial charge in [-0.2, -0.15) is 0 Å². The molecule has 4 heteroatoms. The molecule has 0 aliphatic rings. The molecule has 1 unspecified atom stereocenters. The molecule has 118 valence electrons. The van der Waals surface area contributed by atoms with Crippen LogP contribution in [0.2, 0.25) is 0 Å². The van der Waals surface area contributed by atoms with E-state index in [4.69, 9.17) is 4.42 Å². The van der Waals surface area contributed by atoms with Gasteiger partial charge in [0.25, 0.3) is 0 Å². The number of carbonyl (C=O) groups is 1. The Kier molecular flexibility index (Phi) is 3.90. The van der Waals surface area contributed by atoms with E-state index in [9.17, 15) is 14.7 Å². The van der Waals surface area contributed by atoms with Gasteiger partial charge in [0, 0.05) is 11.5 Å². The number of carboxylic acids is 1. The molecule has 0 radical (unpaired) electrons. The van der Waals surface area contributed by atoms with Crippen LogP contribution in [0.25, 0.3) is 11.0 Å². The fourth-order valence-corrected chi connectivity index (χ4v) is 2.35. The third-order valence-electron chi connectivity index (χ3n) is 4.28. The first-order chi connectivity index (χ1) is 10.1. The largest absolute Gasteiger partial charge is 0.481 e. The van der Waals surface area contributed by atoms with E-state index in [-0.39, 0.29) is 10.8 Å². The van der Waals surface area contributed by atoms with Crippen molar-refractivity contribution in [2.75, 3.05) is 0 Å². The average molecular weight is 302 g/mol. The Hall–Kier alpha value is -2.10. The van der Waals surface area contributed by atoms with E-state index < -0.39 is 11.4 Å². The predicted molar refractivity (Wildman–Crippen MR) is 86.5 cm³/mol. The molecule has 0 aliphatic heterocycles. The highest BCUT2D eigenvalue weighted by Crippen LogP contribution is 2.31. The van der Waals surface area contributed by atoms with Crippen LogP contribution in [-0.4, -0.2) is 11.1 Å². The minimum atomic E-state index is -1.01. The summed E-state index contributed by atoms with van der Waals surface area (Å²) in [5, 5.41) is 9.90. The summed E-state index contributed by atoms with van der Waals surface area (Å²) >= 11 is 0. The molecule has 1 heterocycles. The number of rotatable bonds is 3. The van der Waals surface area contributed by atoms with E-state index in [0.29, 0.717) is 28.7 Å². The summed E-state index contributed by atoms with van der Waals surface area (Å²) in [4.78, 5) is 23.9. The van der Waals surface area contributed by atoms with Crippen LogP contribution in [0.4, 0.5) is 0 Å². The lowest BCUT2D eigenvalue weighted by Gasteiger charge is -2.24. The maximum atomic E-state index is 12.4. The Labute approximate surface area is 129 Å². The number of carboxylic acid groups (broad SMARTS) is 1. The molecule has 0 bridgehead atoms. The molecule has 0 spiro atoms. The van der Waals surface area contributed by atoms with Gasteiger partial charge in [0.2, 0.25) is 0 Å². The lowest BCUT2D eigenvalue weighted by molar-refractivity contribution is -0.143. The van der Waals surface area contributed by atoms with Gasteiger partial charge in [0.15, 0.2) is 5.43 Å². The van der Waals surface area contributed by atoms with Crippen molar-refractivity contribution in [3.63, 3.8) is 0 Å². The smallest absolute Gasteiger partial charge is 0.313 e. The summed E-state index contributed by atoms with van der Waals surface area (Å²) < 4.78 is 5.82. The molecular weight excluding hydrogens is 280 g/mol. The maximum absolute atomic E-state index is 12.4. The summed E-state index contributed by atoms with van der Waals surface area (Å²) in [5.41, 5.74) is -0.304. The van der Waals surface area contributed by atoms with E-state index in [1.165, 1.54) is 6.07 Å². The molecule has 2 aromatic rings. The number of benzene rings is 1. The predicted octanol–water partition coefficient (Wildman–Crippen LogP) is 3.84. The van der Waals surface area contributed by atoms with E-state index in [0.717, 1.165) is 0 Å². The second kappa shape index (κ2) is 5.27. The van der Waals surface area contributed by atoms with Gasteiger partial charge in [-0.25, -0.2) is 0 Å². The molecule has 0 saturated carbocycles. The summed E-state index contributed by atoms with van der Waals surface area (Å²) in [5.74, 6) is -0.278. The van der Waals surface area contributed by atoms with Crippen LogP contribution in [-0.2, 0) is 15.6 Å². The maximum Gasteiger partial charge on any atom is 0.313 e. The molecule has 0 aliphatic carbocycles. The highest BCUT2D eigenvalue weighted by molar-refractivity contribution is 5.84. The van der Waals surface area contributed by atoms with Crippen LogP contribution >= 0.6 is 0 Å². The van der Waals surface area contributed by atoms with Crippen molar-refractivity contribution in [2.24, 2.45) is 0 Å². The normalized spacial score (nSPS) is 14.8. The third kappa shape index (κ3) is 2.65. The zero-order valence-electron chi connectivity index (χ0n) is 13.7. The average Bonchev–Trinajstić information content (AvgIpc) is 2.44. The van der Waals surface area contributed by atoms with Gasteiger partial charge in [-0.05, 0) is 31.0 Å². The van der Waals surface area contributed by atoms with Gasteiger partial charge in [0.05, 0.1) is 10.8 Å². The molecule has 0 saturated heterocycles. The standard InChI is InChI=1S/C18H22O4/c1-6-18(5,16(20)21)11-7-8-14-12(9-11)13(19)10-15(22-14)17(2,3)4/h7-10H,6H2,1-5H3,(H,20,21). The third-order valence-corrected chi connectivity index (χ3v) is 4.28. The van der Waals surface area contributed by atoms with Gasteiger partial charge in [-0.15, -0.1) is 0 Å². The minimum Gasteiger partial charge on any atom is -0.481 e. The first-order valence-electron chi connectivity index (χ1n) is 7.42. The first kappa shape index (κ1) is 16.3. The monoisotopic (exact) mass is 302 g/mol. The van der Waals surface area contributed by atoms with Crippen molar-refractivity contribution in [1.82, 2.24) is 0 Å². The van der Waals surface area contributed by atoms with Crippen molar-refractivity contribution >= 4 is 16.9 Å². The van der Waals surface area contributed by atoms with Crippen molar-refractivity contribution in [2.45, 2.75) is 51.9 Å². The SMILES string of the molecule is CCC(C)(C(=O)O)c1ccc2oc(C(C)(C)C)cc(=O)c2c1. The Bertz CT molecular complexity index is 780. The first-order valence-corrected chi connectivity index (χ1v) is 7.42. The van der Waals surface area contributed by atoms with Crippen molar-refractivity contribution in [1.29, 1.82) is 0 Å². The van der Waals surface area contributed by atoms with E-state index in [2.05, 4.69) is 0 Å². The number of hydrogen-bond donors (Lipinski definition) is 1. The zero-order valence-corrected chi connectivity index (χ0v) is 13.7. The number of hydrogen-bond acceptors (Lipinski definition) is 3. The molecular formula is C18H22O4. The Morgan fingerprint density at radius 1 is 1.18 bits per heavy atom. The van der Waals surface area contributed by atoms with Crippen LogP contribution < -0.4 is 5.43 Å². The second-order valence-corrected chi connectivity index (χ2v) is 6.93. The summed E-state index contributed by atoms with van der Waals surface area (Å²) in [7, 11) is 0. The molecule has 0 amide bonds. The molecule has 1 aromatic carbocycles. The summed E-state index contributed by atoms with van der Waals surface area (Å²) in [6.45, 7) is 9.42. The van der Waals surface area contributed by atoms with Crippen molar-refractivity contribution < 1.29 is 14.3 Å². The number of aliphatic carboxylic acids is 1. The minimum absolute atomic E-state index is 0.142. The van der Waals surface area contributed by atoms with Gasteiger partial charge in [0.1, 0.15) is 11.3 Å². The lowest BCUT2D eigenvalue weighted by Crippen LogP contribution is -2.31. The Balaban J connectivity index is 2.70. The quantitative estimate of drug-likeness (QED) is 0.935. The lowest BCUT2D eigenvalue weighted by atomic mass is 9.80. The van der Waals surface area contributed by atoms with Crippen LogP contribution in [0.1, 0.15) is 52.4 Å². The fourth-order valence-electron chi connectivity index (χ4n) is 2.35. The van der Waals surface area contributed by atoms with E-state index in [1.54, 1.807) is 25.1 Å². The van der Waals surface area contributed by atoms with Gasteiger partial charge in [-0.3, -0.25) is 9.59 Å². The van der Waals surface area contributed by atoms with Gasteiger partial charge >= 0.3 is 5.97 Å². The molecule has 1 aromatic heterocycles. The Morgan fingerprint density at radius 2 is 1.82 bits per heavy atom. The summed E-state index contributed by atoms with van der Waals surface area (Å²) in [6.07, 6.45) is 0.444. The highest BCUT2D eigenvalue weighted by atomic mass is 16.4. The topological polar surface area (TPSA) is 67.5 Å².